The van der Waals surface area contributed by atoms with Crippen molar-refractivity contribution < 1.29 is 5.11 Å². The van der Waals surface area contributed by atoms with Gasteiger partial charge in [-0.05, 0) is 30.7 Å². The van der Waals surface area contributed by atoms with Crippen LogP contribution in [0.2, 0.25) is 0 Å². The number of benzene rings is 1. The van der Waals surface area contributed by atoms with Crippen LogP contribution in [-0.4, -0.2) is 18.2 Å². The van der Waals surface area contributed by atoms with Crippen LogP contribution < -0.4 is 11.1 Å². The monoisotopic (exact) mass is 178 g/mol. The summed E-state index contributed by atoms with van der Waals surface area (Å²) in [5.74, 6) is 0. The van der Waals surface area contributed by atoms with Crippen LogP contribution in [0, 0.1) is 0 Å². The molecule has 3 nitrogen and oxygen atoms in total. The lowest BCUT2D eigenvalue weighted by Gasteiger charge is -2.21. The second-order valence-electron chi connectivity index (χ2n) is 3.58. The van der Waals surface area contributed by atoms with Crippen molar-refractivity contribution in [3.05, 3.63) is 29.8 Å². The summed E-state index contributed by atoms with van der Waals surface area (Å²) in [6.45, 7) is 1.49. The molecule has 0 spiro atoms. The van der Waals surface area contributed by atoms with E-state index in [0.29, 0.717) is 12.2 Å². The molecule has 2 rings (SSSR count). The molecule has 4 N–H and O–H groups in total. The average molecular weight is 178 g/mol. The van der Waals surface area contributed by atoms with Crippen molar-refractivity contribution >= 4 is 5.69 Å². The summed E-state index contributed by atoms with van der Waals surface area (Å²) in [5, 5.41) is 13.3. The van der Waals surface area contributed by atoms with Gasteiger partial charge in [0.05, 0.1) is 0 Å². The van der Waals surface area contributed by atoms with Crippen molar-refractivity contribution in [3.8, 4) is 0 Å². The van der Waals surface area contributed by atoms with Gasteiger partial charge in [0.25, 0.3) is 0 Å². The van der Waals surface area contributed by atoms with Crippen LogP contribution in [0.15, 0.2) is 24.3 Å². The Morgan fingerprint density at radius 1 is 1.46 bits per heavy atom. The molecule has 1 heterocycles. The summed E-state index contributed by atoms with van der Waals surface area (Å²) in [4.78, 5) is 0. The van der Waals surface area contributed by atoms with Crippen LogP contribution in [0.3, 0.4) is 0 Å². The fraction of sp³-hybridized carbons (Fsp3) is 0.400. The van der Waals surface area contributed by atoms with Crippen LogP contribution in [-0.2, 0) is 5.60 Å². The molecule has 1 fully saturated rings. The molecule has 13 heavy (non-hydrogen) atoms. The maximum Gasteiger partial charge on any atom is 0.103 e. The third-order valence-electron chi connectivity index (χ3n) is 2.56. The Labute approximate surface area is 77.6 Å². The van der Waals surface area contributed by atoms with Gasteiger partial charge in [0.2, 0.25) is 0 Å². The van der Waals surface area contributed by atoms with Crippen molar-refractivity contribution in [2.75, 3.05) is 18.8 Å². The highest BCUT2D eigenvalue weighted by Crippen LogP contribution is 2.28. The van der Waals surface area contributed by atoms with Crippen LogP contribution in [0.1, 0.15) is 12.0 Å². The Balaban J connectivity index is 2.33. The van der Waals surface area contributed by atoms with Crippen molar-refractivity contribution in [3.63, 3.8) is 0 Å². The maximum absolute atomic E-state index is 10.2. The van der Waals surface area contributed by atoms with Crippen LogP contribution in [0.5, 0.6) is 0 Å². The molecule has 1 aromatic rings. The topological polar surface area (TPSA) is 58.3 Å². The molecule has 1 aliphatic rings. The SMILES string of the molecule is Nc1cccc(C2(O)CCNC2)c1. The highest BCUT2D eigenvalue weighted by Gasteiger charge is 2.32. The molecular weight excluding hydrogens is 164 g/mol. The Morgan fingerprint density at radius 3 is 2.92 bits per heavy atom. The molecule has 0 radical (unpaired) electrons. The predicted molar refractivity (Wildman–Crippen MR) is 52.2 cm³/mol. The van der Waals surface area contributed by atoms with Gasteiger partial charge < -0.3 is 16.2 Å². The molecule has 0 saturated carbocycles. The van der Waals surface area contributed by atoms with E-state index in [2.05, 4.69) is 5.32 Å². The van der Waals surface area contributed by atoms with Gasteiger partial charge in [-0.3, -0.25) is 0 Å². The van der Waals surface area contributed by atoms with Gasteiger partial charge in [0.1, 0.15) is 5.60 Å². The molecule has 1 unspecified atom stereocenters. The summed E-state index contributed by atoms with van der Waals surface area (Å²) in [6, 6.07) is 7.46. The second kappa shape index (κ2) is 3.01. The summed E-state index contributed by atoms with van der Waals surface area (Å²) in [6.07, 6.45) is 0.760. The number of hydrogen-bond acceptors (Lipinski definition) is 3. The molecule has 0 aliphatic carbocycles. The van der Waals surface area contributed by atoms with Crippen molar-refractivity contribution in [1.82, 2.24) is 5.32 Å². The highest BCUT2D eigenvalue weighted by molar-refractivity contribution is 5.43. The zero-order valence-corrected chi connectivity index (χ0v) is 7.46. The van der Waals surface area contributed by atoms with E-state index in [4.69, 9.17) is 5.73 Å². The zero-order valence-electron chi connectivity index (χ0n) is 7.46. The second-order valence-corrected chi connectivity index (χ2v) is 3.58. The van der Waals surface area contributed by atoms with Gasteiger partial charge in [-0.1, -0.05) is 12.1 Å². The first-order chi connectivity index (χ1) is 6.21. The normalized spacial score (nSPS) is 27.8. The van der Waals surface area contributed by atoms with E-state index in [1.807, 2.05) is 24.3 Å². The lowest BCUT2D eigenvalue weighted by molar-refractivity contribution is 0.0588. The van der Waals surface area contributed by atoms with E-state index < -0.39 is 5.60 Å². The van der Waals surface area contributed by atoms with E-state index in [0.717, 1.165) is 18.5 Å². The van der Waals surface area contributed by atoms with Gasteiger partial charge in [-0.2, -0.15) is 0 Å². The van der Waals surface area contributed by atoms with Crippen LogP contribution in [0.25, 0.3) is 0 Å². The minimum Gasteiger partial charge on any atom is -0.399 e. The van der Waals surface area contributed by atoms with Crippen molar-refractivity contribution in [2.45, 2.75) is 12.0 Å². The predicted octanol–water partition coefficient (Wildman–Crippen LogP) is 0.450. The van der Waals surface area contributed by atoms with Gasteiger partial charge in [0.15, 0.2) is 0 Å². The average Bonchev–Trinajstić information content (AvgIpc) is 2.54. The Bertz CT molecular complexity index is 306. The molecule has 1 atom stereocenters. The summed E-state index contributed by atoms with van der Waals surface area (Å²) in [7, 11) is 0. The first-order valence-corrected chi connectivity index (χ1v) is 4.50. The van der Waals surface area contributed by atoms with Gasteiger partial charge >= 0.3 is 0 Å². The minimum atomic E-state index is -0.713. The Kier molecular flexibility index (Phi) is 1.98. The molecular formula is C10H14N2O. The lowest BCUT2D eigenvalue weighted by Crippen LogP contribution is -2.28. The third kappa shape index (κ3) is 1.53. The van der Waals surface area contributed by atoms with Crippen LogP contribution in [0.4, 0.5) is 5.69 Å². The zero-order chi connectivity index (χ0) is 9.31. The van der Waals surface area contributed by atoms with E-state index in [1.165, 1.54) is 0 Å². The van der Waals surface area contributed by atoms with E-state index >= 15 is 0 Å². The quantitative estimate of drug-likeness (QED) is 0.547. The molecule has 70 valence electrons. The number of nitrogens with two attached hydrogens (primary N) is 1. The Morgan fingerprint density at radius 2 is 2.31 bits per heavy atom. The highest BCUT2D eigenvalue weighted by atomic mass is 16.3. The molecule has 3 heteroatoms. The molecule has 1 saturated heterocycles. The van der Waals surface area contributed by atoms with E-state index in [1.54, 1.807) is 0 Å². The molecule has 0 aromatic heterocycles. The molecule has 0 bridgehead atoms. The summed E-state index contributed by atoms with van der Waals surface area (Å²) < 4.78 is 0. The summed E-state index contributed by atoms with van der Waals surface area (Å²) in [5.41, 5.74) is 6.56. The minimum absolute atomic E-state index is 0.621. The number of aliphatic hydroxyl groups is 1. The Hall–Kier alpha value is -1.06. The van der Waals surface area contributed by atoms with E-state index in [-0.39, 0.29) is 0 Å². The van der Waals surface area contributed by atoms with Crippen LogP contribution >= 0.6 is 0 Å². The standard InChI is InChI=1S/C10H14N2O/c11-9-3-1-2-8(6-9)10(13)4-5-12-7-10/h1-3,6,12-13H,4-5,7,11H2. The molecule has 1 aliphatic heterocycles. The van der Waals surface area contributed by atoms with Gasteiger partial charge in [-0.15, -0.1) is 0 Å². The molecule has 0 amide bonds. The number of nitrogens with one attached hydrogen (secondary N) is 1. The number of β-amino-alcohol motifs (C(OH)–C–C–N with tert-alkyl or cyclic N) is 1. The number of hydrogen-bond donors (Lipinski definition) is 3. The summed E-state index contributed by atoms with van der Waals surface area (Å²) >= 11 is 0. The smallest absolute Gasteiger partial charge is 0.103 e. The third-order valence-corrected chi connectivity index (χ3v) is 2.56. The maximum atomic E-state index is 10.2. The fourth-order valence-corrected chi connectivity index (χ4v) is 1.75. The molecule has 1 aromatic carbocycles. The first-order valence-electron chi connectivity index (χ1n) is 4.50. The number of rotatable bonds is 1. The van der Waals surface area contributed by atoms with Gasteiger partial charge in [-0.25, -0.2) is 0 Å². The van der Waals surface area contributed by atoms with E-state index in [9.17, 15) is 5.11 Å². The van der Waals surface area contributed by atoms with Gasteiger partial charge in [0, 0.05) is 12.2 Å². The van der Waals surface area contributed by atoms with Crippen molar-refractivity contribution in [2.24, 2.45) is 0 Å². The first kappa shape index (κ1) is 8.53. The fourth-order valence-electron chi connectivity index (χ4n) is 1.75. The number of anilines is 1. The lowest BCUT2D eigenvalue weighted by atomic mass is 9.93. The number of nitrogen functional groups attached to an aromatic ring is 1. The largest absolute Gasteiger partial charge is 0.399 e. The van der Waals surface area contributed by atoms with Crippen molar-refractivity contribution in [1.29, 1.82) is 0 Å².